The summed E-state index contributed by atoms with van der Waals surface area (Å²) in [6.07, 6.45) is 1.35. The quantitative estimate of drug-likeness (QED) is 0.795. The molecule has 1 fully saturated rings. The molecule has 0 amide bonds. The molecule has 0 unspecified atom stereocenters. The topological polar surface area (TPSA) is 101 Å². The van der Waals surface area contributed by atoms with Gasteiger partial charge in [0.05, 0.1) is 5.69 Å². The second-order valence-electron chi connectivity index (χ2n) is 4.95. The lowest BCUT2D eigenvalue weighted by atomic mass is 10.00. The van der Waals surface area contributed by atoms with Gasteiger partial charge in [-0.25, -0.2) is 8.42 Å². The summed E-state index contributed by atoms with van der Waals surface area (Å²) in [7, 11) is -1.92. The van der Waals surface area contributed by atoms with Gasteiger partial charge in [-0.1, -0.05) is 0 Å². The molecule has 1 saturated heterocycles. The van der Waals surface area contributed by atoms with Crippen molar-refractivity contribution < 1.29 is 13.5 Å². The number of hydrogen-bond acceptors (Lipinski definition) is 5. The first-order valence-corrected chi connectivity index (χ1v) is 7.72. The van der Waals surface area contributed by atoms with E-state index >= 15 is 0 Å². The van der Waals surface area contributed by atoms with Gasteiger partial charge in [-0.2, -0.15) is 9.40 Å². The zero-order valence-electron chi connectivity index (χ0n) is 11.2. The molecule has 0 bridgehead atoms. The van der Waals surface area contributed by atoms with E-state index in [0.717, 1.165) is 0 Å². The molecule has 2 rings (SSSR count). The van der Waals surface area contributed by atoms with Gasteiger partial charge < -0.3 is 10.8 Å². The van der Waals surface area contributed by atoms with Crippen molar-refractivity contribution >= 4 is 15.8 Å². The minimum absolute atomic E-state index is 0.0456. The van der Waals surface area contributed by atoms with E-state index in [9.17, 15) is 8.42 Å². The number of aromatic nitrogens is 2. The van der Waals surface area contributed by atoms with E-state index in [0.29, 0.717) is 31.6 Å². The summed E-state index contributed by atoms with van der Waals surface area (Å²) >= 11 is 0. The van der Waals surface area contributed by atoms with Crippen molar-refractivity contribution in [2.75, 3.05) is 25.4 Å². The van der Waals surface area contributed by atoms with Crippen LogP contribution >= 0.6 is 0 Å². The fourth-order valence-electron chi connectivity index (χ4n) is 2.39. The standard InChI is InChI=1S/C11H20N4O3S/c1-8-10(11(12)13-14(8)2)19(17,18)15-5-3-9(7-16)4-6-15/h9,16H,3-7H2,1-2H3,(H2,12,13). The summed E-state index contributed by atoms with van der Waals surface area (Å²) in [6, 6.07) is 0. The Bertz CT molecular complexity index is 559. The normalized spacial score (nSPS) is 18.9. The van der Waals surface area contributed by atoms with E-state index in [4.69, 9.17) is 10.8 Å². The van der Waals surface area contributed by atoms with Gasteiger partial charge in [0.15, 0.2) is 5.82 Å². The van der Waals surface area contributed by atoms with Crippen LogP contribution in [0.3, 0.4) is 0 Å². The number of aliphatic hydroxyl groups excluding tert-OH is 1. The van der Waals surface area contributed by atoms with Crippen LogP contribution in [0.1, 0.15) is 18.5 Å². The van der Waals surface area contributed by atoms with Crippen LogP contribution in [-0.2, 0) is 17.1 Å². The van der Waals surface area contributed by atoms with E-state index in [1.54, 1.807) is 14.0 Å². The van der Waals surface area contributed by atoms with Gasteiger partial charge in [0.25, 0.3) is 0 Å². The molecule has 1 aromatic rings. The fourth-order valence-corrected chi connectivity index (χ4v) is 4.15. The third kappa shape index (κ3) is 2.47. The maximum atomic E-state index is 12.6. The van der Waals surface area contributed by atoms with Gasteiger partial charge in [-0.15, -0.1) is 0 Å². The molecule has 0 spiro atoms. The molecule has 3 N–H and O–H groups in total. The predicted molar refractivity (Wildman–Crippen MR) is 70.9 cm³/mol. The summed E-state index contributed by atoms with van der Waals surface area (Å²) in [4.78, 5) is 0.109. The Morgan fingerprint density at radius 2 is 2.00 bits per heavy atom. The molecular weight excluding hydrogens is 268 g/mol. The number of piperidine rings is 1. The highest BCUT2D eigenvalue weighted by atomic mass is 32.2. The molecule has 0 aliphatic carbocycles. The van der Waals surface area contributed by atoms with E-state index in [1.165, 1.54) is 8.99 Å². The first kappa shape index (κ1) is 14.3. The predicted octanol–water partition coefficient (Wildman–Crippen LogP) is -0.296. The largest absolute Gasteiger partial charge is 0.396 e. The number of aryl methyl sites for hydroxylation is 1. The number of hydrogen-bond donors (Lipinski definition) is 2. The van der Waals surface area contributed by atoms with Crippen molar-refractivity contribution in [3.05, 3.63) is 5.69 Å². The van der Waals surface area contributed by atoms with Gasteiger partial charge in [0.2, 0.25) is 10.0 Å². The number of nitrogens with two attached hydrogens (primary N) is 1. The zero-order valence-corrected chi connectivity index (χ0v) is 12.0. The molecule has 0 radical (unpaired) electrons. The van der Waals surface area contributed by atoms with Gasteiger partial charge in [-0.3, -0.25) is 4.68 Å². The number of anilines is 1. The fraction of sp³-hybridized carbons (Fsp3) is 0.727. The molecule has 1 aliphatic rings. The minimum atomic E-state index is -3.59. The van der Waals surface area contributed by atoms with Crippen LogP contribution in [-0.4, -0.2) is 47.3 Å². The Labute approximate surface area is 113 Å². The highest BCUT2D eigenvalue weighted by Crippen LogP contribution is 2.28. The second kappa shape index (κ2) is 5.10. The number of rotatable bonds is 3. The first-order chi connectivity index (χ1) is 8.87. The van der Waals surface area contributed by atoms with Crippen LogP contribution in [0.2, 0.25) is 0 Å². The van der Waals surface area contributed by atoms with Crippen LogP contribution in [0.4, 0.5) is 5.82 Å². The van der Waals surface area contributed by atoms with E-state index in [1.807, 2.05) is 0 Å². The number of nitrogens with zero attached hydrogens (tertiary/aromatic N) is 3. The molecule has 0 atom stereocenters. The molecular formula is C11H20N4O3S. The average molecular weight is 288 g/mol. The molecule has 0 aromatic carbocycles. The Hall–Kier alpha value is -1.12. The highest BCUT2D eigenvalue weighted by Gasteiger charge is 2.33. The third-order valence-corrected chi connectivity index (χ3v) is 5.80. The van der Waals surface area contributed by atoms with E-state index < -0.39 is 10.0 Å². The third-order valence-electron chi connectivity index (χ3n) is 3.73. The minimum Gasteiger partial charge on any atom is -0.396 e. The van der Waals surface area contributed by atoms with Crippen molar-refractivity contribution in [2.24, 2.45) is 13.0 Å². The van der Waals surface area contributed by atoms with Crippen LogP contribution in [0.15, 0.2) is 4.90 Å². The summed E-state index contributed by atoms with van der Waals surface area (Å²) in [5.74, 6) is 0.239. The van der Waals surface area contributed by atoms with Gasteiger partial charge in [0, 0.05) is 26.7 Å². The Balaban J connectivity index is 2.28. The van der Waals surface area contributed by atoms with Crippen LogP contribution in [0, 0.1) is 12.8 Å². The van der Waals surface area contributed by atoms with Crippen LogP contribution in [0.5, 0.6) is 0 Å². The first-order valence-electron chi connectivity index (χ1n) is 6.28. The molecule has 0 saturated carbocycles. The Kier molecular flexibility index (Phi) is 3.84. The summed E-state index contributed by atoms with van der Waals surface area (Å²) in [5, 5.41) is 13.0. The maximum absolute atomic E-state index is 12.6. The molecule has 1 aromatic heterocycles. The Morgan fingerprint density at radius 3 is 2.42 bits per heavy atom. The van der Waals surface area contributed by atoms with Gasteiger partial charge in [-0.05, 0) is 25.7 Å². The molecule has 19 heavy (non-hydrogen) atoms. The molecule has 1 aliphatic heterocycles. The van der Waals surface area contributed by atoms with Crippen molar-refractivity contribution in [1.29, 1.82) is 0 Å². The number of sulfonamides is 1. The monoisotopic (exact) mass is 288 g/mol. The van der Waals surface area contributed by atoms with Crippen LogP contribution < -0.4 is 5.73 Å². The summed E-state index contributed by atoms with van der Waals surface area (Å²) in [5.41, 5.74) is 6.25. The van der Waals surface area contributed by atoms with Crippen molar-refractivity contribution in [1.82, 2.24) is 14.1 Å². The lowest BCUT2D eigenvalue weighted by molar-refractivity contribution is 0.170. The van der Waals surface area contributed by atoms with Crippen molar-refractivity contribution in [2.45, 2.75) is 24.7 Å². The summed E-state index contributed by atoms with van der Waals surface area (Å²) in [6.45, 7) is 2.64. The molecule has 108 valence electrons. The highest BCUT2D eigenvalue weighted by molar-refractivity contribution is 7.89. The molecule has 2 heterocycles. The van der Waals surface area contributed by atoms with E-state index in [-0.39, 0.29) is 23.2 Å². The zero-order chi connectivity index (χ0) is 14.2. The average Bonchev–Trinajstić information content (AvgIpc) is 2.63. The SMILES string of the molecule is Cc1c(S(=O)(=O)N2CCC(CO)CC2)c(N)nn1C. The van der Waals surface area contributed by atoms with Gasteiger partial charge >= 0.3 is 0 Å². The molecule has 7 nitrogen and oxygen atoms in total. The van der Waals surface area contributed by atoms with Crippen LogP contribution in [0.25, 0.3) is 0 Å². The Morgan fingerprint density at radius 1 is 1.42 bits per heavy atom. The van der Waals surface area contributed by atoms with Gasteiger partial charge in [0.1, 0.15) is 4.90 Å². The van der Waals surface area contributed by atoms with E-state index in [2.05, 4.69) is 5.10 Å². The maximum Gasteiger partial charge on any atom is 0.248 e. The smallest absolute Gasteiger partial charge is 0.248 e. The molecule has 8 heteroatoms. The lowest BCUT2D eigenvalue weighted by Crippen LogP contribution is -2.39. The van der Waals surface area contributed by atoms with Crippen molar-refractivity contribution in [3.63, 3.8) is 0 Å². The lowest BCUT2D eigenvalue weighted by Gasteiger charge is -2.30. The number of aliphatic hydroxyl groups is 1. The van der Waals surface area contributed by atoms with Crippen molar-refractivity contribution in [3.8, 4) is 0 Å². The number of nitrogen functional groups attached to an aromatic ring is 1. The second-order valence-corrected chi connectivity index (χ2v) is 6.83. The summed E-state index contributed by atoms with van der Waals surface area (Å²) < 4.78 is 28.0.